The van der Waals surface area contributed by atoms with Gasteiger partial charge in [-0.15, -0.1) is 0 Å². The molecule has 0 spiro atoms. The van der Waals surface area contributed by atoms with E-state index in [9.17, 15) is 18.4 Å². The smallest absolute Gasteiger partial charge is 0.275 e. The van der Waals surface area contributed by atoms with Crippen molar-refractivity contribution in [3.8, 4) is 11.3 Å². The van der Waals surface area contributed by atoms with E-state index in [0.717, 1.165) is 22.4 Å². The van der Waals surface area contributed by atoms with E-state index in [4.69, 9.17) is 0 Å². The summed E-state index contributed by atoms with van der Waals surface area (Å²) in [5.41, 5.74) is 1.08. The van der Waals surface area contributed by atoms with Crippen LogP contribution >= 0.6 is 0 Å². The van der Waals surface area contributed by atoms with Crippen LogP contribution in [0.25, 0.3) is 22.0 Å². The molecule has 0 saturated heterocycles. The third kappa shape index (κ3) is 4.21. The maximum Gasteiger partial charge on any atom is 0.275 e. The number of benzene rings is 3. The Labute approximate surface area is 177 Å². The summed E-state index contributed by atoms with van der Waals surface area (Å²) in [7, 11) is 0. The number of amides is 1. The van der Waals surface area contributed by atoms with E-state index in [0.29, 0.717) is 16.3 Å². The summed E-state index contributed by atoms with van der Waals surface area (Å²) in [5.74, 6) is -2.39. The molecule has 4 rings (SSSR count). The Hall–Kier alpha value is -3.87. The second-order valence-corrected chi connectivity index (χ2v) is 7.19. The third-order valence-electron chi connectivity index (χ3n) is 5.03. The second-order valence-electron chi connectivity index (χ2n) is 7.19. The topological polar surface area (TPSA) is 64.0 Å². The summed E-state index contributed by atoms with van der Waals surface area (Å²) < 4.78 is 28.3. The van der Waals surface area contributed by atoms with Crippen molar-refractivity contribution in [3.63, 3.8) is 0 Å². The molecule has 1 heterocycles. The zero-order chi connectivity index (χ0) is 22.0. The molecule has 31 heavy (non-hydrogen) atoms. The molecule has 0 fully saturated rings. The Bertz CT molecular complexity index is 1320. The minimum Gasteiger partial charge on any atom is -0.348 e. The highest BCUT2D eigenvalue weighted by atomic mass is 19.2. The first-order valence-corrected chi connectivity index (χ1v) is 9.73. The maximum atomic E-state index is 13.8. The minimum atomic E-state index is -1.02. The van der Waals surface area contributed by atoms with Gasteiger partial charge in [-0.05, 0) is 36.8 Å². The molecule has 1 atom stereocenters. The number of nitrogens with one attached hydrogen (secondary N) is 1. The van der Waals surface area contributed by atoms with E-state index < -0.39 is 23.1 Å². The fourth-order valence-corrected chi connectivity index (χ4v) is 3.45. The van der Waals surface area contributed by atoms with Crippen LogP contribution in [0, 0.1) is 11.6 Å². The van der Waals surface area contributed by atoms with Crippen LogP contribution < -0.4 is 10.9 Å². The second kappa shape index (κ2) is 8.47. The van der Waals surface area contributed by atoms with Gasteiger partial charge in [-0.2, -0.15) is 5.10 Å². The molecule has 5 nitrogen and oxygen atoms in total. The molecule has 7 heteroatoms. The Morgan fingerprint density at radius 2 is 1.65 bits per heavy atom. The first-order chi connectivity index (χ1) is 14.9. The predicted molar refractivity (Wildman–Crippen MR) is 114 cm³/mol. The van der Waals surface area contributed by atoms with E-state index in [1.165, 1.54) is 6.07 Å². The van der Waals surface area contributed by atoms with Gasteiger partial charge in [0.1, 0.15) is 6.54 Å². The summed E-state index contributed by atoms with van der Waals surface area (Å²) in [6, 6.07) is 19.3. The van der Waals surface area contributed by atoms with Gasteiger partial charge in [-0.1, -0.05) is 48.5 Å². The van der Waals surface area contributed by atoms with E-state index in [-0.39, 0.29) is 18.3 Å². The van der Waals surface area contributed by atoms with Crippen LogP contribution in [-0.4, -0.2) is 15.7 Å². The van der Waals surface area contributed by atoms with Gasteiger partial charge in [0.2, 0.25) is 5.91 Å². The van der Waals surface area contributed by atoms with Crippen LogP contribution in [-0.2, 0) is 11.3 Å². The van der Waals surface area contributed by atoms with Gasteiger partial charge in [-0.25, -0.2) is 13.5 Å². The fourth-order valence-electron chi connectivity index (χ4n) is 3.45. The number of hydrogen-bond donors (Lipinski definition) is 1. The van der Waals surface area contributed by atoms with Crippen molar-refractivity contribution < 1.29 is 13.6 Å². The average Bonchev–Trinajstić information content (AvgIpc) is 2.78. The molecule has 0 saturated carbocycles. The van der Waals surface area contributed by atoms with Crippen molar-refractivity contribution >= 4 is 16.7 Å². The molecule has 1 aromatic heterocycles. The lowest BCUT2D eigenvalue weighted by molar-refractivity contribution is -0.122. The van der Waals surface area contributed by atoms with Crippen LogP contribution in [0.1, 0.15) is 18.5 Å². The van der Waals surface area contributed by atoms with Crippen molar-refractivity contribution in [2.45, 2.75) is 19.5 Å². The highest BCUT2D eigenvalue weighted by molar-refractivity contribution is 5.93. The summed E-state index contributed by atoms with van der Waals surface area (Å²) >= 11 is 0. The number of aromatic nitrogens is 2. The highest BCUT2D eigenvalue weighted by Crippen LogP contribution is 2.26. The molecule has 4 aromatic rings. The van der Waals surface area contributed by atoms with E-state index >= 15 is 0 Å². The van der Waals surface area contributed by atoms with Crippen molar-refractivity contribution in [2.75, 3.05) is 0 Å². The Morgan fingerprint density at radius 3 is 2.35 bits per heavy atom. The number of carbonyl (C=O) groups is 1. The van der Waals surface area contributed by atoms with Crippen molar-refractivity contribution in [3.05, 3.63) is 100 Å². The van der Waals surface area contributed by atoms with Crippen molar-refractivity contribution in [2.24, 2.45) is 0 Å². The van der Waals surface area contributed by atoms with Crippen LogP contribution in [0.2, 0.25) is 0 Å². The third-order valence-corrected chi connectivity index (χ3v) is 5.03. The van der Waals surface area contributed by atoms with Crippen LogP contribution in [0.5, 0.6) is 0 Å². The summed E-state index contributed by atoms with van der Waals surface area (Å²) in [6.07, 6.45) is 0. The highest BCUT2D eigenvalue weighted by Gasteiger charge is 2.16. The summed E-state index contributed by atoms with van der Waals surface area (Å²) in [4.78, 5) is 25.5. The van der Waals surface area contributed by atoms with Crippen LogP contribution in [0.3, 0.4) is 0 Å². The molecule has 1 unspecified atom stereocenters. The maximum absolute atomic E-state index is 13.8. The standard InChI is InChI=1S/C24H19F2N3O2/c1-15(16-7-3-2-4-8-16)27-22(30)14-29-24(31)19-10-6-5-9-18(19)23(28-29)17-11-12-20(25)21(26)13-17/h2-13,15H,14H2,1H3,(H,27,30). The number of nitrogens with zero attached hydrogens (tertiary/aromatic N) is 2. The zero-order valence-corrected chi connectivity index (χ0v) is 16.7. The molecule has 0 aliphatic heterocycles. The molecule has 3 aromatic carbocycles. The van der Waals surface area contributed by atoms with Gasteiger partial charge in [-0.3, -0.25) is 9.59 Å². The lowest BCUT2D eigenvalue weighted by Gasteiger charge is -2.15. The molecule has 0 aliphatic carbocycles. The van der Waals surface area contributed by atoms with Crippen LogP contribution in [0.4, 0.5) is 8.78 Å². The number of halogens is 2. The molecule has 1 N–H and O–H groups in total. The molecule has 0 aliphatic rings. The normalized spacial score (nSPS) is 12.0. The number of carbonyl (C=O) groups excluding carboxylic acids is 1. The lowest BCUT2D eigenvalue weighted by Crippen LogP contribution is -2.35. The van der Waals surface area contributed by atoms with Gasteiger partial charge < -0.3 is 5.32 Å². The summed E-state index contributed by atoms with van der Waals surface area (Å²) in [5, 5.41) is 7.99. The Kier molecular flexibility index (Phi) is 5.58. The number of fused-ring (bicyclic) bond motifs is 1. The zero-order valence-electron chi connectivity index (χ0n) is 16.7. The van der Waals surface area contributed by atoms with E-state index in [1.54, 1.807) is 24.3 Å². The van der Waals surface area contributed by atoms with Gasteiger partial charge in [0, 0.05) is 10.9 Å². The molecule has 0 bridgehead atoms. The first kappa shape index (κ1) is 20.4. The molecular formula is C24H19F2N3O2. The van der Waals surface area contributed by atoms with Gasteiger partial charge in [0.05, 0.1) is 17.1 Å². The van der Waals surface area contributed by atoms with E-state index in [2.05, 4.69) is 10.4 Å². The van der Waals surface area contributed by atoms with Crippen molar-refractivity contribution in [1.82, 2.24) is 15.1 Å². The summed E-state index contributed by atoms with van der Waals surface area (Å²) in [6.45, 7) is 1.54. The number of hydrogen-bond acceptors (Lipinski definition) is 3. The average molecular weight is 419 g/mol. The largest absolute Gasteiger partial charge is 0.348 e. The first-order valence-electron chi connectivity index (χ1n) is 9.73. The Balaban J connectivity index is 1.71. The molecule has 0 radical (unpaired) electrons. The fraction of sp³-hybridized carbons (Fsp3) is 0.125. The van der Waals surface area contributed by atoms with Crippen LogP contribution in [0.15, 0.2) is 77.6 Å². The quantitative estimate of drug-likeness (QED) is 0.527. The predicted octanol–water partition coefficient (Wildman–Crippen LogP) is 4.22. The van der Waals surface area contributed by atoms with Crippen molar-refractivity contribution in [1.29, 1.82) is 0 Å². The van der Waals surface area contributed by atoms with Gasteiger partial charge in [0.25, 0.3) is 5.56 Å². The molecule has 156 valence electrons. The lowest BCUT2D eigenvalue weighted by atomic mass is 10.0. The van der Waals surface area contributed by atoms with Gasteiger partial charge in [0.15, 0.2) is 11.6 Å². The molecular weight excluding hydrogens is 400 g/mol. The monoisotopic (exact) mass is 419 g/mol. The Morgan fingerprint density at radius 1 is 0.968 bits per heavy atom. The SMILES string of the molecule is CC(NC(=O)Cn1nc(-c2ccc(F)c(F)c2)c2ccccc2c1=O)c1ccccc1. The van der Waals surface area contributed by atoms with E-state index in [1.807, 2.05) is 37.3 Å². The number of rotatable bonds is 5. The molecule has 1 amide bonds. The van der Waals surface area contributed by atoms with Gasteiger partial charge >= 0.3 is 0 Å². The minimum absolute atomic E-state index is 0.254.